The minimum Gasteiger partial charge on any atom is -0.350 e. The highest BCUT2D eigenvalue weighted by molar-refractivity contribution is 6.01. The average Bonchev–Trinajstić information content (AvgIpc) is 3.50. The predicted octanol–water partition coefficient (Wildman–Crippen LogP) is 6.31. The summed E-state index contributed by atoms with van der Waals surface area (Å²) in [6, 6.07) is 11.5. The van der Waals surface area contributed by atoms with Crippen LogP contribution in [-0.4, -0.2) is 22.2 Å². The number of benzene rings is 2. The zero-order chi connectivity index (χ0) is 26.5. The lowest BCUT2D eigenvalue weighted by Crippen LogP contribution is -2.31. The Kier molecular flexibility index (Phi) is 6.19. The summed E-state index contributed by atoms with van der Waals surface area (Å²) in [4.78, 5) is 14.8. The van der Waals surface area contributed by atoms with Gasteiger partial charge in [0.2, 0.25) is 0 Å². The van der Waals surface area contributed by atoms with Crippen molar-refractivity contribution in [3.05, 3.63) is 82.0 Å². The third-order valence-electron chi connectivity index (χ3n) is 6.79. The Morgan fingerprint density at radius 2 is 1.62 bits per heavy atom. The molecule has 5 rings (SSSR count). The van der Waals surface area contributed by atoms with Gasteiger partial charge in [0.05, 0.1) is 18.2 Å². The molecule has 37 heavy (non-hydrogen) atoms. The van der Waals surface area contributed by atoms with E-state index < -0.39 is 41.1 Å². The van der Waals surface area contributed by atoms with Crippen molar-refractivity contribution in [3.8, 4) is 0 Å². The number of aromatic nitrogens is 2. The fourth-order valence-corrected chi connectivity index (χ4v) is 4.66. The average molecular weight is 522 g/mol. The van der Waals surface area contributed by atoms with E-state index in [9.17, 15) is 31.1 Å². The minimum absolute atomic E-state index is 0.000930. The molecule has 1 fully saturated rings. The molecule has 2 aromatic carbocycles. The highest BCUT2D eigenvalue weighted by Crippen LogP contribution is 2.41. The molecule has 1 aliphatic heterocycles. The van der Waals surface area contributed by atoms with Crippen molar-refractivity contribution in [2.45, 2.75) is 57.2 Å². The van der Waals surface area contributed by atoms with Gasteiger partial charge in [0.25, 0.3) is 5.91 Å². The topological polar surface area (TPSA) is 50.2 Å². The van der Waals surface area contributed by atoms with E-state index in [0.717, 1.165) is 35.2 Å². The van der Waals surface area contributed by atoms with Crippen molar-refractivity contribution >= 4 is 11.7 Å². The lowest BCUT2D eigenvalue weighted by molar-refractivity contribution is -0.142. The van der Waals surface area contributed by atoms with Crippen molar-refractivity contribution in [2.75, 3.05) is 11.4 Å². The first kappa shape index (κ1) is 25.2. The highest BCUT2D eigenvalue weighted by atomic mass is 19.4. The Labute approximate surface area is 209 Å². The van der Waals surface area contributed by atoms with Gasteiger partial charge >= 0.3 is 12.4 Å². The van der Waals surface area contributed by atoms with Crippen molar-refractivity contribution in [3.63, 3.8) is 0 Å². The summed E-state index contributed by atoms with van der Waals surface area (Å²) in [7, 11) is 0. The van der Waals surface area contributed by atoms with Gasteiger partial charge in [-0.25, -0.2) is 4.68 Å². The van der Waals surface area contributed by atoms with Gasteiger partial charge in [-0.2, -0.15) is 31.4 Å². The first-order valence-electron chi connectivity index (χ1n) is 11.9. The molecular weight excluding hydrogens is 498 g/mol. The second-order valence-electron chi connectivity index (χ2n) is 9.52. The number of carbonyl (C=O) groups is 1. The van der Waals surface area contributed by atoms with Crippen LogP contribution in [0.3, 0.4) is 0 Å². The summed E-state index contributed by atoms with van der Waals surface area (Å²) in [5, 5.41) is 6.35. The van der Waals surface area contributed by atoms with Crippen LogP contribution in [0.25, 0.3) is 0 Å². The van der Waals surface area contributed by atoms with Gasteiger partial charge in [-0.3, -0.25) is 4.79 Å². The molecule has 3 aromatic rings. The van der Waals surface area contributed by atoms with E-state index in [1.807, 2.05) is 24.3 Å². The number of nitrogens with zero attached hydrogens (tertiary/aromatic N) is 3. The monoisotopic (exact) mass is 522 g/mol. The van der Waals surface area contributed by atoms with Crippen molar-refractivity contribution in [1.82, 2.24) is 15.1 Å². The summed E-state index contributed by atoms with van der Waals surface area (Å²) >= 11 is 0. The first-order valence-corrected chi connectivity index (χ1v) is 11.9. The van der Waals surface area contributed by atoms with Crippen molar-refractivity contribution in [2.24, 2.45) is 0 Å². The van der Waals surface area contributed by atoms with Gasteiger partial charge in [0.1, 0.15) is 11.4 Å². The number of amides is 1. The molecule has 11 heteroatoms. The van der Waals surface area contributed by atoms with Gasteiger partial charge in [0.15, 0.2) is 5.69 Å². The Balaban J connectivity index is 1.40. The van der Waals surface area contributed by atoms with Gasteiger partial charge < -0.3 is 10.2 Å². The number of alkyl halides is 6. The quantitative estimate of drug-likeness (QED) is 0.386. The van der Waals surface area contributed by atoms with E-state index >= 15 is 0 Å². The second-order valence-corrected chi connectivity index (χ2v) is 9.52. The number of rotatable bonds is 6. The zero-order valence-corrected chi connectivity index (χ0v) is 19.8. The molecule has 196 valence electrons. The molecule has 0 radical (unpaired) electrons. The van der Waals surface area contributed by atoms with E-state index in [4.69, 9.17) is 0 Å². The van der Waals surface area contributed by atoms with Crippen LogP contribution in [0.5, 0.6) is 0 Å². The Morgan fingerprint density at radius 3 is 2.19 bits per heavy atom. The summed E-state index contributed by atoms with van der Waals surface area (Å²) < 4.78 is 81.4. The Morgan fingerprint density at radius 1 is 0.973 bits per heavy atom. The predicted molar refractivity (Wildman–Crippen MR) is 124 cm³/mol. The van der Waals surface area contributed by atoms with Crippen LogP contribution in [0.15, 0.2) is 48.5 Å². The number of fused-ring (bicyclic) bond motifs is 1. The molecule has 0 unspecified atom stereocenters. The molecule has 1 aromatic heterocycles. The molecule has 1 N–H and O–H groups in total. The molecule has 0 bridgehead atoms. The van der Waals surface area contributed by atoms with Gasteiger partial charge in [-0.1, -0.05) is 36.4 Å². The van der Waals surface area contributed by atoms with Crippen molar-refractivity contribution in [1.29, 1.82) is 0 Å². The Hall–Kier alpha value is -3.50. The van der Waals surface area contributed by atoms with E-state index in [-0.39, 0.29) is 25.5 Å². The fourth-order valence-electron chi connectivity index (χ4n) is 4.66. The maximum Gasteiger partial charge on any atom is 0.436 e. The van der Waals surface area contributed by atoms with Crippen LogP contribution >= 0.6 is 0 Å². The van der Waals surface area contributed by atoms with Crippen LogP contribution in [0.4, 0.5) is 32.2 Å². The molecule has 1 aliphatic carbocycles. The zero-order valence-electron chi connectivity index (χ0n) is 19.8. The van der Waals surface area contributed by atoms with Crippen LogP contribution in [-0.2, 0) is 25.4 Å². The normalized spacial score (nSPS) is 16.6. The summed E-state index contributed by atoms with van der Waals surface area (Å²) in [5.41, 5.74) is -0.258. The third kappa shape index (κ3) is 5.17. The van der Waals surface area contributed by atoms with Gasteiger partial charge in [-0.05, 0) is 54.5 Å². The highest BCUT2D eigenvalue weighted by Gasteiger charge is 2.44. The van der Waals surface area contributed by atoms with Crippen LogP contribution < -0.4 is 10.2 Å². The standard InChI is InChI=1S/C26H24F6N4O/c1-15(17-4-6-18(7-5-17)19-8-9-19)33-23(37)21-22(26(30,31)32)34-36-13-12-35(24(21)36)14-16-2-10-20(11-3-16)25(27,28)29/h2-7,10-11,15,19H,8-9,12-14H2,1H3,(H,33,37)/t15-/m0/s1. The number of nitrogens with one attached hydrogen (secondary N) is 1. The molecule has 5 nitrogen and oxygen atoms in total. The summed E-state index contributed by atoms with van der Waals surface area (Å²) in [6.07, 6.45) is -7.07. The number of anilines is 1. The van der Waals surface area contributed by atoms with Crippen LogP contribution in [0, 0.1) is 0 Å². The molecule has 0 spiro atoms. The lowest BCUT2D eigenvalue weighted by Gasteiger charge is -2.21. The van der Waals surface area contributed by atoms with E-state index in [0.29, 0.717) is 11.5 Å². The molecule has 0 saturated heterocycles. The first-order chi connectivity index (χ1) is 17.4. The van der Waals surface area contributed by atoms with E-state index in [2.05, 4.69) is 10.4 Å². The molecule has 2 heterocycles. The number of halogens is 6. The Bertz CT molecular complexity index is 1290. The molecular formula is C26H24F6N4O. The number of hydrogen-bond donors (Lipinski definition) is 1. The van der Waals surface area contributed by atoms with E-state index in [1.54, 1.807) is 6.92 Å². The molecule has 2 aliphatic rings. The van der Waals surface area contributed by atoms with E-state index in [1.165, 1.54) is 22.6 Å². The van der Waals surface area contributed by atoms with Gasteiger partial charge in [-0.15, -0.1) is 0 Å². The largest absolute Gasteiger partial charge is 0.436 e. The second kappa shape index (κ2) is 9.11. The molecule has 1 saturated carbocycles. The third-order valence-corrected chi connectivity index (χ3v) is 6.79. The number of hydrogen-bond acceptors (Lipinski definition) is 3. The SMILES string of the molecule is C[C@H](NC(=O)c1c(C(F)(F)F)nn2c1N(Cc1ccc(C(F)(F)F)cc1)CC2)c1ccc(C2CC2)cc1. The van der Waals surface area contributed by atoms with Crippen molar-refractivity contribution < 1.29 is 31.1 Å². The van der Waals surface area contributed by atoms with Gasteiger partial charge in [0, 0.05) is 13.1 Å². The fraction of sp³-hybridized carbons (Fsp3) is 0.385. The summed E-state index contributed by atoms with van der Waals surface area (Å²) in [5.74, 6) is -0.355. The van der Waals surface area contributed by atoms with Crippen LogP contribution in [0.2, 0.25) is 0 Å². The maximum absolute atomic E-state index is 13.9. The minimum atomic E-state index is -4.86. The molecule has 1 atom stereocenters. The number of carbonyl (C=O) groups excluding carboxylic acids is 1. The maximum atomic E-state index is 13.9. The molecule has 1 amide bonds. The smallest absolute Gasteiger partial charge is 0.350 e. The summed E-state index contributed by atoms with van der Waals surface area (Å²) in [6.45, 7) is 2.10. The van der Waals surface area contributed by atoms with Crippen LogP contribution in [0.1, 0.15) is 70.0 Å². The lowest BCUT2D eigenvalue weighted by atomic mass is 10.0.